The third kappa shape index (κ3) is 5.07. The molecule has 0 aromatic rings. The normalized spacial score (nSPS) is 21.6. The molecule has 1 N–H and O–H groups in total. The lowest BCUT2D eigenvalue weighted by atomic mass is 9.89. The summed E-state index contributed by atoms with van der Waals surface area (Å²) < 4.78 is 0. The molecule has 1 saturated heterocycles. The first-order chi connectivity index (χ1) is 8.15. The maximum Gasteiger partial charge on any atom is 0.222 e. The Morgan fingerprint density at radius 2 is 2.12 bits per heavy atom. The Labute approximate surface area is 106 Å². The Morgan fingerprint density at radius 3 is 2.76 bits per heavy atom. The van der Waals surface area contributed by atoms with Gasteiger partial charge in [0, 0.05) is 19.5 Å². The number of carbonyl (C=O) groups excluding carboxylic acids is 1. The third-order valence-corrected chi connectivity index (χ3v) is 3.89. The van der Waals surface area contributed by atoms with Crippen LogP contribution >= 0.6 is 0 Å². The van der Waals surface area contributed by atoms with E-state index in [1.54, 1.807) is 0 Å². The van der Waals surface area contributed by atoms with Crippen molar-refractivity contribution < 1.29 is 4.79 Å². The number of amides is 1. The topological polar surface area (TPSA) is 32.3 Å². The van der Waals surface area contributed by atoms with Crippen molar-refractivity contribution in [3.8, 4) is 0 Å². The molecule has 0 aromatic heterocycles. The molecule has 1 aliphatic rings. The van der Waals surface area contributed by atoms with Gasteiger partial charge in [0.15, 0.2) is 0 Å². The standard InChI is InChI=1S/C14H28N2O/c1-12(2)13-6-5-10-16(11-8-13)14(17)7-4-9-15-3/h12-13,15H,4-11H2,1-3H3. The third-order valence-electron chi connectivity index (χ3n) is 3.89. The Morgan fingerprint density at radius 1 is 1.35 bits per heavy atom. The predicted octanol–water partition coefficient (Wildman–Crippen LogP) is 2.27. The van der Waals surface area contributed by atoms with Crippen LogP contribution in [0, 0.1) is 11.8 Å². The molecular formula is C14H28N2O. The zero-order chi connectivity index (χ0) is 12.7. The zero-order valence-electron chi connectivity index (χ0n) is 11.7. The molecule has 0 aromatic carbocycles. The van der Waals surface area contributed by atoms with Crippen LogP contribution in [0.25, 0.3) is 0 Å². The van der Waals surface area contributed by atoms with Gasteiger partial charge in [0.1, 0.15) is 0 Å². The van der Waals surface area contributed by atoms with E-state index in [2.05, 4.69) is 24.1 Å². The fourth-order valence-electron chi connectivity index (χ4n) is 2.61. The highest BCUT2D eigenvalue weighted by Crippen LogP contribution is 2.24. The van der Waals surface area contributed by atoms with Crippen molar-refractivity contribution in [1.82, 2.24) is 10.2 Å². The molecule has 0 radical (unpaired) electrons. The molecule has 0 saturated carbocycles. The molecule has 1 rings (SSSR count). The second kappa shape index (κ2) is 7.70. The molecule has 3 heteroatoms. The molecule has 0 bridgehead atoms. The van der Waals surface area contributed by atoms with Crippen LogP contribution in [0.15, 0.2) is 0 Å². The average Bonchev–Trinajstić information content (AvgIpc) is 2.54. The Kier molecular flexibility index (Phi) is 6.56. The summed E-state index contributed by atoms with van der Waals surface area (Å²) >= 11 is 0. The van der Waals surface area contributed by atoms with Crippen molar-refractivity contribution in [3.05, 3.63) is 0 Å². The quantitative estimate of drug-likeness (QED) is 0.748. The molecule has 1 aliphatic heterocycles. The van der Waals surface area contributed by atoms with Gasteiger partial charge in [-0.3, -0.25) is 4.79 Å². The van der Waals surface area contributed by atoms with Gasteiger partial charge in [-0.25, -0.2) is 0 Å². The molecule has 1 amide bonds. The summed E-state index contributed by atoms with van der Waals surface area (Å²) in [7, 11) is 1.93. The number of nitrogens with zero attached hydrogens (tertiary/aromatic N) is 1. The summed E-state index contributed by atoms with van der Waals surface area (Å²) in [6.07, 6.45) is 5.32. The van der Waals surface area contributed by atoms with E-state index in [0.29, 0.717) is 12.3 Å². The smallest absolute Gasteiger partial charge is 0.222 e. The first-order valence-corrected chi connectivity index (χ1v) is 7.07. The van der Waals surface area contributed by atoms with Crippen molar-refractivity contribution in [2.45, 2.75) is 46.0 Å². The fraction of sp³-hybridized carbons (Fsp3) is 0.929. The van der Waals surface area contributed by atoms with Crippen LogP contribution in [-0.2, 0) is 4.79 Å². The molecule has 100 valence electrons. The molecule has 1 unspecified atom stereocenters. The summed E-state index contributed by atoms with van der Waals surface area (Å²) in [5.41, 5.74) is 0. The lowest BCUT2D eigenvalue weighted by Crippen LogP contribution is -2.32. The molecule has 0 spiro atoms. The minimum atomic E-state index is 0.352. The van der Waals surface area contributed by atoms with Crippen LogP contribution in [-0.4, -0.2) is 37.5 Å². The maximum absolute atomic E-state index is 12.0. The van der Waals surface area contributed by atoms with Gasteiger partial charge in [0.25, 0.3) is 0 Å². The highest BCUT2D eigenvalue weighted by atomic mass is 16.2. The van der Waals surface area contributed by atoms with Crippen LogP contribution in [0.5, 0.6) is 0 Å². The summed E-state index contributed by atoms with van der Waals surface area (Å²) in [5, 5.41) is 3.09. The predicted molar refractivity (Wildman–Crippen MR) is 71.9 cm³/mol. The summed E-state index contributed by atoms with van der Waals surface area (Å²) in [6, 6.07) is 0. The average molecular weight is 240 g/mol. The van der Waals surface area contributed by atoms with E-state index in [9.17, 15) is 4.79 Å². The van der Waals surface area contributed by atoms with Gasteiger partial charge in [0.05, 0.1) is 0 Å². The van der Waals surface area contributed by atoms with Crippen molar-refractivity contribution in [1.29, 1.82) is 0 Å². The largest absolute Gasteiger partial charge is 0.343 e. The van der Waals surface area contributed by atoms with Crippen LogP contribution in [0.3, 0.4) is 0 Å². The second-order valence-electron chi connectivity index (χ2n) is 5.52. The van der Waals surface area contributed by atoms with Gasteiger partial charge in [-0.1, -0.05) is 13.8 Å². The van der Waals surface area contributed by atoms with Gasteiger partial charge in [-0.15, -0.1) is 0 Å². The van der Waals surface area contributed by atoms with Gasteiger partial charge >= 0.3 is 0 Å². The summed E-state index contributed by atoms with van der Waals surface area (Å²) in [4.78, 5) is 14.1. The number of carbonyl (C=O) groups is 1. The van der Waals surface area contributed by atoms with E-state index >= 15 is 0 Å². The highest BCUT2D eigenvalue weighted by Gasteiger charge is 2.21. The van der Waals surface area contributed by atoms with E-state index in [-0.39, 0.29) is 0 Å². The number of nitrogens with one attached hydrogen (secondary N) is 1. The van der Waals surface area contributed by atoms with E-state index in [1.165, 1.54) is 19.3 Å². The van der Waals surface area contributed by atoms with E-state index < -0.39 is 0 Å². The van der Waals surface area contributed by atoms with Gasteiger partial charge in [-0.05, 0) is 51.1 Å². The summed E-state index contributed by atoms with van der Waals surface area (Å²) in [5.74, 6) is 1.92. The number of hydrogen-bond donors (Lipinski definition) is 1. The Balaban J connectivity index is 2.32. The number of hydrogen-bond acceptors (Lipinski definition) is 2. The van der Waals surface area contributed by atoms with Crippen LogP contribution in [0.4, 0.5) is 0 Å². The minimum absolute atomic E-state index is 0.352. The van der Waals surface area contributed by atoms with E-state index in [1.807, 2.05) is 7.05 Å². The van der Waals surface area contributed by atoms with Crippen molar-refractivity contribution in [2.75, 3.05) is 26.7 Å². The molecule has 17 heavy (non-hydrogen) atoms. The van der Waals surface area contributed by atoms with Crippen LogP contribution in [0.2, 0.25) is 0 Å². The van der Waals surface area contributed by atoms with Crippen molar-refractivity contribution in [3.63, 3.8) is 0 Å². The second-order valence-corrected chi connectivity index (χ2v) is 5.52. The van der Waals surface area contributed by atoms with Crippen LogP contribution in [0.1, 0.15) is 46.0 Å². The van der Waals surface area contributed by atoms with E-state index in [4.69, 9.17) is 0 Å². The maximum atomic E-state index is 12.0. The lowest BCUT2D eigenvalue weighted by molar-refractivity contribution is -0.131. The SMILES string of the molecule is CNCCCC(=O)N1CCCC(C(C)C)CC1. The highest BCUT2D eigenvalue weighted by molar-refractivity contribution is 5.76. The molecule has 1 fully saturated rings. The summed E-state index contributed by atoms with van der Waals surface area (Å²) in [6.45, 7) is 7.49. The monoisotopic (exact) mass is 240 g/mol. The van der Waals surface area contributed by atoms with Crippen molar-refractivity contribution >= 4 is 5.91 Å². The van der Waals surface area contributed by atoms with Gasteiger partial charge in [-0.2, -0.15) is 0 Å². The zero-order valence-corrected chi connectivity index (χ0v) is 11.7. The van der Waals surface area contributed by atoms with Crippen molar-refractivity contribution in [2.24, 2.45) is 11.8 Å². The van der Waals surface area contributed by atoms with E-state index in [0.717, 1.165) is 37.9 Å². The molecular weight excluding hydrogens is 212 g/mol. The molecule has 0 aliphatic carbocycles. The molecule has 3 nitrogen and oxygen atoms in total. The van der Waals surface area contributed by atoms with Gasteiger partial charge in [0.2, 0.25) is 5.91 Å². The minimum Gasteiger partial charge on any atom is -0.343 e. The molecule has 1 atom stereocenters. The first kappa shape index (κ1) is 14.5. The Hall–Kier alpha value is -0.570. The molecule has 1 heterocycles. The Bertz CT molecular complexity index is 228. The van der Waals surface area contributed by atoms with Gasteiger partial charge < -0.3 is 10.2 Å². The van der Waals surface area contributed by atoms with Crippen LogP contribution < -0.4 is 5.32 Å². The lowest BCUT2D eigenvalue weighted by Gasteiger charge is -2.21. The first-order valence-electron chi connectivity index (χ1n) is 7.07. The fourth-order valence-corrected chi connectivity index (χ4v) is 2.61. The number of likely N-dealkylation sites (tertiary alicyclic amines) is 1. The number of rotatable bonds is 5.